The number of aliphatic hydroxyl groups is 2. The van der Waals surface area contributed by atoms with Gasteiger partial charge >= 0.3 is 0 Å². The molecular weight excluding hydrogens is 512 g/mol. The highest BCUT2D eigenvalue weighted by molar-refractivity contribution is 6.33. The fraction of sp³-hybridized carbons (Fsp3) is 0.533. The minimum atomic E-state index is -0.510. The monoisotopic (exact) mass is 552 g/mol. The van der Waals surface area contributed by atoms with E-state index >= 15 is 0 Å². The summed E-state index contributed by atoms with van der Waals surface area (Å²) >= 11 is 0. The van der Waals surface area contributed by atoms with Gasteiger partial charge in [0.1, 0.15) is 11.5 Å². The number of hydrogen-bond donors (Lipinski definition) is 6. The number of rotatable bonds is 10. The maximum atomic E-state index is 13.8. The largest absolute Gasteiger partial charge is 0.507 e. The topological polar surface area (TPSA) is 146 Å². The van der Waals surface area contributed by atoms with Gasteiger partial charge in [-0.3, -0.25) is 9.59 Å². The molecule has 3 aliphatic rings. The minimum absolute atomic E-state index is 0.178. The van der Waals surface area contributed by atoms with Gasteiger partial charge < -0.3 is 40.9 Å². The Kier molecular flexibility index (Phi) is 8.90. The van der Waals surface area contributed by atoms with Crippen LogP contribution in [0.1, 0.15) is 57.5 Å². The third kappa shape index (κ3) is 5.81. The van der Waals surface area contributed by atoms with Gasteiger partial charge in [-0.1, -0.05) is 0 Å². The summed E-state index contributed by atoms with van der Waals surface area (Å²) < 4.78 is 0. The first-order chi connectivity index (χ1) is 19.4. The molecule has 2 aromatic rings. The van der Waals surface area contributed by atoms with Crippen LogP contribution >= 0.6 is 0 Å². The van der Waals surface area contributed by atoms with Crippen molar-refractivity contribution in [3.63, 3.8) is 0 Å². The first kappa shape index (κ1) is 28.4. The summed E-state index contributed by atoms with van der Waals surface area (Å²) in [4.78, 5) is 32.1. The van der Waals surface area contributed by atoms with Crippen LogP contribution in [-0.2, 0) is 0 Å². The molecule has 2 atom stereocenters. The molecule has 2 fully saturated rings. The maximum absolute atomic E-state index is 13.8. The predicted molar refractivity (Wildman–Crippen MR) is 153 cm³/mol. The highest BCUT2D eigenvalue weighted by Crippen LogP contribution is 2.42. The summed E-state index contributed by atoms with van der Waals surface area (Å²) in [6.45, 7) is 6.44. The quantitative estimate of drug-likeness (QED) is 0.207. The molecule has 0 amide bonds. The highest BCUT2D eigenvalue weighted by atomic mass is 16.3. The van der Waals surface area contributed by atoms with E-state index in [0.717, 1.165) is 65.0 Å². The standard InChI is InChI=1S/C30H40N4O6/c35-17-19-3-1-11-33(15-19)13-9-31-21-5-6-22(32-10-14-34-12-2-4-20(16-34)18-36)26-25(21)29(39)27-23(37)7-8-24(38)28(27)30(26)40/h5-8,19-20,31-32,35-38H,1-4,9-18H2. The third-order valence-corrected chi connectivity index (χ3v) is 8.48. The van der Waals surface area contributed by atoms with Crippen LogP contribution in [0.25, 0.3) is 0 Å². The Morgan fingerprint density at radius 1 is 0.675 bits per heavy atom. The number of aliphatic hydroxyl groups excluding tert-OH is 2. The van der Waals surface area contributed by atoms with Crippen molar-refractivity contribution in [2.24, 2.45) is 11.8 Å². The zero-order valence-corrected chi connectivity index (χ0v) is 22.9. The number of aromatic hydroxyl groups is 2. The molecule has 10 nitrogen and oxygen atoms in total. The van der Waals surface area contributed by atoms with Gasteiger partial charge in [0.05, 0.1) is 22.3 Å². The average Bonchev–Trinajstić information content (AvgIpc) is 2.97. The summed E-state index contributed by atoms with van der Waals surface area (Å²) in [7, 11) is 0. The van der Waals surface area contributed by atoms with Gasteiger partial charge in [0.2, 0.25) is 11.6 Å². The van der Waals surface area contributed by atoms with Crippen LogP contribution in [-0.4, -0.2) is 107 Å². The Balaban J connectivity index is 1.38. The van der Waals surface area contributed by atoms with Crippen molar-refractivity contribution in [1.29, 1.82) is 0 Å². The Labute approximate surface area is 234 Å². The zero-order valence-electron chi connectivity index (χ0n) is 22.9. The van der Waals surface area contributed by atoms with E-state index in [1.807, 2.05) is 0 Å². The molecule has 5 rings (SSSR count). The van der Waals surface area contributed by atoms with E-state index in [1.165, 1.54) is 12.1 Å². The number of phenolic OH excluding ortho intramolecular Hbond substituents is 2. The number of benzene rings is 2. The summed E-state index contributed by atoms with van der Waals surface area (Å²) in [6.07, 6.45) is 4.11. The van der Waals surface area contributed by atoms with E-state index in [9.17, 15) is 30.0 Å². The SMILES string of the molecule is O=C1c2c(O)ccc(O)c2C(=O)c2c(NCCN3CCCC(CO)C3)ccc(NCCN3CCCC(CO)C3)c21. The first-order valence-electron chi connectivity index (χ1n) is 14.4. The van der Waals surface area contributed by atoms with Gasteiger partial charge in [-0.2, -0.15) is 0 Å². The van der Waals surface area contributed by atoms with Crippen molar-refractivity contribution < 1.29 is 30.0 Å². The average molecular weight is 553 g/mol. The Morgan fingerprint density at radius 3 is 1.50 bits per heavy atom. The molecule has 1 aliphatic carbocycles. The van der Waals surface area contributed by atoms with E-state index < -0.39 is 11.6 Å². The molecule has 2 saturated heterocycles. The molecule has 0 saturated carbocycles. The van der Waals surface area contributed by atoms with E-state index in [4.69, 9.17) is 0 Å². The lowest BCUT2D eigenvalue weighted by molar-refractivity contribution is 0.0975. The minimum Gasteiger partial charge on any atom is -0.507 e. The van der Waals surface area contributed by atoms with Crippen LogP contribution in [0.15, 0.2) is 24.3 Å². The third-order valence-electron chi connectivity index (χ3n) is 8.48. The normalized spacial score (nSPS) is 21.6. The molecule has 10 heteroatoms. The lowest BCUT2D eigenvalue weighted by Gasteiger charge is -2.32. The van der Waals surface area contributed by atoms with Crippen molar-refractivity contribution in [1.82, 2.24) is 9.80 Å². The summed E-state index contributed by atoms with van der Waals surface area (Å²) in [5.74, 6) is -1.15. The molecule has 2 aliphatic heterocycles. The summed E-state index contributed by atoms with van der Waals surface area (Å²) in [5, 5.41) is 46.8. The van der Waals surface area contributed by atoms with E-state index in [2.05, 4.69) is 20.4 Å². The number of ketones is 2. The molecule has 0 aromatic heterocycles. The van der Waals surface area contributed by atoms with Gasteiger partial charge in [-0.05, 0) is 74.9 Å². The van der Waals surface area contributed by atoms with Crippen molar-refractivity contribution in [2.75, 3.05) is 76.2 Å². The fourth-order valence-electron chi connectivity index (χ4n) is 6.36. The maximum Gasteiger partial charge on any atom is 0.200 e. The van der Waals surface area contributed by atoms with Crippen LogP contribution in [0.4, 0.5) is 11.4 Å². The highest BCUT2D eigenvalue weighted by Gasteiger charge is 2.38. The van der Waals surface area contributed by atoms with Crippen LogP contribution in [0.3, 0.4) is 0 Å². The first-order valence-corrected chi connectivity index (χ1v) is 14.4. The van der Waals surface area contributed by atoms with Gasteiger partial charge in [0.25, 0.3) is 0 Å². The molecule has 2 unspecified atom stereocenters. The molecule has 216 valence electrons. The molecular formula is C30H40N4O6. The van der Waals surface area contributed by atoms with Crippen molar-refractivity contribution in [3.8, 4) is 11.5 Å². The van der Waals surface area contributed by atoms with Crippen LogP contribution in [0, 0.1) is 11.8 Å². The van der Waals surface area contributed by atoms with Gasteiger partial charge in [0, 0.05) is 63.9 Å². The predicted octanol–water partition coefficient (Wildman–Crippen LogP) is 2.11. The van der Waals surface area contributed by atoms with E-state index in [1.54, 1.807) is 12.1 Å². The lowest BCUT2D eigenvalue weighted by Crippen LogP contribution is -2.39. The molecule has 2 aromatic carbocycles. The van der Waals surface area contributed by atoms with Crippen LogP contribution in [0.2, 0.25) is 0 Å². The number of likely N-dealkylation sites (tertiary alicyclic amines) is 2. The summed E-state index contributed by atoms with van der Waals surface area (Å²) in [5.41, 5.74) is 1.03. The summed E-state index contributed by atoms with van der Waals surface area (Å²) in [6, 6.07) is 6.02. The number of hydrogen-bond acceptors (Lipinski definition) is 10. The van der Waals surface area contributed by atoms with Gasteiger partial charge in [-0.25, -0.2) is 0 Å². The molecule has 6 N–H and O–H groups in total. The smallest absolute Gasteiger partial charge is 0.200 e. The van der Waals surface area contributed by atoms with Crippen molar-refractivity contribution >= 4 is 22.9 Å². The van der Waals surface area contributed by atoms with Crippen LogP contribution < -0.4 is 10.6 Å². The number of anilines is 2. The van der Waals surface area contributed by atoms with Gasteiger partial charge in [-0.15, -0.1) is 0 Å². The van der Waals surface area contributed by atoms with Crippen molar-refractivity contribution in [3.05, 3.63) is 46.5 Å². The Bertz CT molecular complexity index is 1160. The number of carbonyl (C=O) groups excluding carboxylic acids is 2. The second-order valence-corrected chi connectivity index (χ2v) is 11.3. The molecule has 0 radical (unpaired) electrons. The number of nitrogens with zero attached hydrogens (tertiary/aromatic N) is 2. The molecule has 40 heavy (non-hydrogen) atoms. The number of piperidine rings is 2. The number of carbonyl (C=O) groups is 2. The molecule has 0 bridgehead atoms. The fourth-order valence-corrected chi connectivity index (χ4v) is 6.36. The van der Waals surface area contributed by atoms with Crippen molar-refractivity contribution in [2.45, 2.75) is 25.7 Å². The Morgan fingerprint density at radius 2 is 1.10 bits per heavy atom. The second-order valence-electron chi connectivity index (χ2n) is 11.3. The number of phenols is 2. The second kappa shape index (κ2) is 12.6. The van der Waals surface area contributed by atoms with Crippen LogP contribution in [0.5, 0.6) is 11.5 Å². The Hall–Kier alpha value is -3.18. The van der Waals surface area contributed by atoms with Gasteiger partial charge in [0.15, 0.2) is 0 Å². The number of fused-ring (bicyclic) bond motifs is 2. The number of nitrogens with one attached hydrogen (secondary N) is 2. The van der Waals surface area contributed by atoms with E-state index in [-0.39, 0.29) is 58.8 Å². The zero-order chi connectivity index (χ0) is 28.2. The van der Waals surface area contributed by atoms with E-state index in [0.29, 0.717) is 24.5 Å². The molecule has 2 heterocycles. The molecule has 0 spiro atoms. The lowest BCUT2D eigenvalue weighted by atomic mass is 9.81.